The summed E-state index contributed by atoms with van der Waals surface area (Å²) < 4.78 is 1.73. The molecule has 114 valence electrons. The molecule has 2 aliphatic carbocycles. The van der Waals surface area contributed by atoms with Crippen LogP contribution in [0.15, 0.2) is 10.9 Å². The Bertz CT molecular complexity index is 570. The average Bonchev–Trinajstić information content (AvgIpc) is 2.39. The van der Waals surface area contributed by atoms with Crippen LogP contribution in [-0.4, -0.2) is 34.3 Å². The fourth-order valence-electron chi connectivity index (χ4n) is 3.96. The molecule has 21 heavy (non-hydrogen) atoms. The topological polar surface area (TPSA) is 38.1 Å². The molecule has 0 radical (unpaired) electrons. The molecule has 0 atom stereocenters. The molecule has 0 aromatic carbocycles. The molecule has 0 unspecified atom stereocenters. The summed E-state index contributed by atoms with van der Waals surface area (Å²) in [6.07, 6.45) is 8.79. The molecule has 0 spiro atoms. The minimum Gasteiger partial charge on any atom is -0.302 e. The van der Waals surface area contributed by atoms with Gasteiger partial charge in [0.2, 0.25) is 0 Å². The van der Waals surface area contributed by atoms with Crippen molar-refractivity contribution in [1.82, 2.24) is 14.7 Å². The highest BCUT2D eigenvalue weighted by atomic mass is 16.1. The highest BCUT2D eigenvalue weighted by Crippen LogP contribution is 2.29. The van der Waals surface area contributed by atoms with Gasteiger partial charge in [0, 0.05) is 31.6 Å². The van der Waals surface area contributed by atoms with Gasteiger partial charge in [-0.1, -0.05) is 6.42 Å². The third kappa shape index (κ3) is 2.78. The van der Waals surface area contributed by atoms with E-state index in [9.17, 15) is 4.79 Å². The van der Waals surface area contributed by atoms with E-state index in [-0.39, 0.29) is 5.56 Å². The van der Waals surface area contributed by atoms with Gasteiger partial charge in [0.05, 0.1) is 12.2 Å². The monoisotopic (exact) mass is 287 g/mol. The average molecular weight is 287 g/mol. The van der Waals surface area contributed by atoms with Gasteiger partial charge < -0.3 is 4.90 Å². The maximum Gasteiger partial charge on any atom is 0.267 e. The number of aromatic nitrogens is 2. The third-order valence-electron chi connectivity index (χ3n) is 5.48. The first-order valence-electron chi connectivity index (χ1n) is 8.60. The fourth-order valence-corrected chi connectivity index (χ4v) is 3.96. The zero-order valence-corrected chi connectivity index (χ0v) is 12.8. The second kappa shape index (κ2) is 5.56. The van der Waals surface area contributed by atoms with Gasteiger partial charge in [0.25, 0.3) is 5.56 Å². The maximum atomic E-state index is 12.2. The van der Waals surface area contributed by atoms with Crippen LogP contribution in [0.2, 0.25) is 0 Å². The number of aryl methyl sites for hydroxylation is 2. The van der Waals surface area contributed by atoms with Gasteiger partial charge in [-0.2, -0.15) is 5.10 Å². The molecule has 2 heterocycles. The molecule has 4 rings (SSSR count). The number of fused-ring (bicyclic) bond motifs is 1. The zero-order valence-electron chi connectivity index (χ0n) is 12.8. The number of hydrogen-bond acceptors (Lipinski definition) is 3. The van der Waals surface area contributed by atoms with Crippen molar-refractivity contribution in [2.24, 2.45) is 11.8 Å². The summed E-state index contributed by atoms with van der Waals surface area (Å²) in [5, 5.41) is 4.63. The Morgan fingerprint density at radius 2 is 1.86 bits per heavy atom. The molecule has 0 bridgehead atoms. The standard InChI is InChI=1S/C17H25N3O/c21-17-8-15-6-1-2-7-16(15)18-20(17)12-14-10-19(11-14)9-13-4-3-5-13/h8,13-14H,1-7,9-12H2. The van der Waals surface area contributed by atoms with Crippen LogP contribution in [0.3, 0.4) is 0 Å². The molecule has 3 aliphatic rings. The van der Waals surface area contributed by atoms with Crippen molar-refractivity contribution in [3.63, 3.8) is 0 Å². The van der Waals surface area contributed by atoms with Gasteiger partial charge in [-0.25, -0.2) is 4.68 Å². The molecule has 4 heteroatoms. The number of nitrogens with zero attached hydrogens (tertiary/aromatic N) is 3. The van der Waals surface area contributed by atoms with Crippen molar-refractivity contribution in [2.45, 2.75) is 51.5 Å². The Balaban J connectivity index is 1.36. The van der Waals surface area contributed by atoms with Crippen LogP contribution in [0, 0.1) is 11.8 Å². The van der Waals surface area contributed by atoms with Crippen molar-refractivity contribution in [3.05, 3.63) is 27.7 Å². The molecule has 4 nitrogen and oxygen atoms in total. The highest BCUT2D eigenvalue weighted by molar-refractivity contribution is 5.20. The molecule has 0 amide bonds. The Hall–Kier alpha value is -1.16. The van der Waals surface area contributed by atoms with E-state index < -0.39 is 0 Å². The minimum absolute atomic E-state index is 0.105. The van der Waals surface area contributed by atoms with Gasteiger partial charge >= 0.3 is 0 Å². The second-order valence-electron chi connectivity index (χ2n) is 7.23. The van der Waals surface area contributed by atoms with Gasteiger partial charge in [0.1, 0.15) is 0 Å². The lowest BCUT2D eigenvalue weighted by Crippen LogP contribution is -2.51. The lowest BCUT2D eigenvalue weighted by molar-refractivity contribution is 0.0519. The Labute approximate surface area is 126 Å². The molecule has 1 aromatic rings. The van der Waals surface area contributed by atoms with Gasteiger partial charge in [-0.3, -0.25) is 4.79 Å². The predicted molar refractivity (Wildman–Crippen MR) is 82.4 cm³/mol. The number of rotatable bonds is 4. The SMILES string of the molecule is O=c1cc2c(nn1CC1CN(CC3CCC3)C1)CCCC2. The van der Waals surface area contributed by atoms with E-state index >= 15 is 0 Å². The summed E-state index contributed by atoms with van der Waals surface area (Å²) in [6, 6.07) is 1.84. The number of hydrogen-bond donors (Lipinski definition) is 0. The lowest BCUT2D eigenvalue weighted by atomic mass is 9.84. The molecule has 2 fully saturated rings. The smallest absolute Gasteiger partial charge is 0.267 e. The Morgan fingerprint density at radius 3 is 2.62 bits per heavy atom. The van der Waals surface area contributed by atoms with Crippen molar-refractivity contribution in [1.29, 1.82) is 0 Å². The Morgan fingerprint density at radius 1 is 1.05 bits per heavy atom. The third-order valence-corrected chi connectivity index (χ3v) is 5.48. The van der Waals surface area contributed by atoms with Crippen LogP contribution in [0.25, 0.3) is 0 Å². The predicted octanol–water partition coefficient (Wildman–Crippen LogP) is 1.85. The van der Waals surface area contributed by atoms with Crippen LogP contribution in [0.1, 0.15) is 43.4 Å². The molecule has 0 N–H and O–H groups in total. The van der Waals surface area contributed by atoms with Crippen LogP contribution in [0.4, 0.5) is 0 Å². The van der Waals surface area contributed by atoms with Crippen molar-refractivity contribution in [2.75, 3.05) is 19.6 Å². The number of likely N-dealkylation sites (tertiary alicyclic amines) is 1. The largest absolute Gasteiger partial charge is 0.302 e. The molecule has 1 saturated heterocycles. The summed E-state index contributed by atoms with van der Waals surface area (Å²) in [5.41, 5.74) is 2.47. The van der Waals surface area contributed by atoms with E-state index in [0.717, 1.165) is 38.4 Å². The van der Waals surface area contributed by atoms with E-state index in [1.807, 2.05) is 6.07 Å². The van der Waals surface area contributed by atoms with Crippen molar-refractivity contribution < 1.29 is 0 Å². The summed E-state index contributed by atoms with van der Waals surface area (Å²) in [6.45, 7) is 4.40. The normalized spacial score (nSPS) is 23.4. The van der Waals surface area contributed by atoms with E-state index in [1.165, 1.54) is 49.9 Å². The second-order valence-corrected chi connectivity index (χ2v) is 7.23. The minimum atomic E-state index is 0.105. The van der Waals surface area contributed by atoms with E-state index in [0.29, 0.717) is 5.92 Å². The van der Waals surface area contributed by atoms with Crippen LogP contribution >= 0.6 is 0 Å². The zero-order chi connectivity index (χ0) is 14.2. The van der Waals surface area contributed by atoms with E-state index in [2.05, 4.69) is 10.00 Å². The van der Waals surface area contributed by atoms with Crippen LogP contribution < -0.4 is 5.56 Å². The molecule has 1 aliphatic heterocycles. The Kier molecular flexibility index (Phi) is 3.57. The van der Waals surface area contributed by atoms with Crippen LogP contribution in [-0.2, 0) is 19.4 Å². The summed E-state index contributed by atoms with van der Waals surface area (Å²) in [7, 11) is 0. The first kappa shape index (κ1) is 13.5. The molecular weight excluding hydrogens is 262 g/mol. The molecule has 1 saturated carbocycles. The van der Waals surface area contributed by atoms with Crippen LogP contribution in [0.5, 0.6) is 0 Å². The van der Waals surface area contributed by atoms with Crippen molar-refractivity contribution in [3.8, 4) is 0 Å². The van der Waals surface area contributed by atoms with Gasteiger partial charge in [0.15, 0.2) is 0 Å². The summed E-state index contributed by atoms with van der Waals surface area (Å²) in [4.78, 5) is 14.7. The highest BCUT2D eigenvalue weighted by Gasteiger charge is 2.31. The quantitative estimate of drug-likeness (QED) is 0.848. The summed E-state index contributed by atoms with van der Waals surface area (Å²) in [5.74, 6) is 1.58. The van der Waals surface area contributed by atoms with Gasteiger partial charge in [-0.05, 0) is 50.0 Å². The molecule has 1 aromatic heterocycles. The van der Waals surface area contributed by atoms with Crippen molar-refractivity contribution >= 4 is 0 Å². The molecular formula is C17H25N3O. The lowest BCUT2D eigenvalue weighted by Gasteiger charge is -2.43. The fraction of sp³-hybridized carbons (Fsp3) is 0.765. The van der Waals surface area contributed by atoms with E-state index in [1.54, 1.807) is 4.68 Å². The summed E-state index contributed by atoms with van der Waals surface area (Å²) >= 11 is 0. The maximum absolute atomic E-state index is 12.2. The first-order valence-corrected chi connectivity index (χ1v) is 8.60. The first-order chi connectivity index (χ1) is 10.3. The van der Waals surface area contributed by atoms with Gasteiger partial charge in [-0.15, -0.1) is 0 Å². The van der Waals surface area contributed by atoms with E-state index in [4.69, 9.17) is 0 Å².